The fraction of sp³-hybridized carbons (Fsp3) is 0.100. The summed E-state index contributed by atoms with van der Waals surface area (Å²) >= 11 is 4.98. The van der Waals surface area contributed by atoms with Crippen LogP contribution in [0.4, 0.5) is 0 Å². The van der Waals surface area contributed by atoms with Gasteiger partial charge in [0.2, 0.25) is 0 Å². The van der Waals surface area contributed by atoms with Crippen LogP contribution in [0.5, 0.6) is 5.75 Å². The van der Waals surface area contributed by atoms with Gasteiger partial charge in [-0.15, -0.1) is 11.3 Å². The Morgan fingerprint density at radius 1 is 1.50 bits per heavy atom. The maximum atomic E-state index is 8.91. The molecule has 70 valence electrons. The van der Waals surface area contributed by atoms with Crippen LogP contribution < -0.4 is 4.74 Å². The lowest BCUT2D eigenvalue weighted by atomic mass is 10.1. The highest BCUT2D eigenvalue weighted by Gasteiger charge is 2.09. The van der Waals surface area contributed by atoms with E-state index < -0.39 is 0 Å². The lowest BCUT2D eigenvalue weighted by molar-refractivity contribution is 0.420. The van der Waals surface area contributed by atoms with Crippen molar-refractivity contribution in [1.82, 2.24) is 0 Å². The molecule has 0 unspecified atom stereocenters. The van der Waals surface area contributed by atoms with E-state index in [4.69, 9.17) is 10.00 Å². The number of benzene rings is 1. The molecule has 0 N–H and O–H groups in total. The molecule has 0 aliphatic rings. The van der Waals surface area contributed by atoms with E-state index in [1.54, 1.807) is 24.5 Å². The first-order chi connectivity index (χ1) is 6.76. The summed E-state index contributed by atoms with van der Waals surface area (Å²) in [6.45, 7) is 0. The summed E-state index contributed by atoms with van der Waals surface area (Å²) in [7, 11) is 1.63. The Bertz CT molecular complexity index is 527. The quantitative estimate of drug-likeness (QED) is 0.792. The smallest absolute Gasteiger partial charge is 0.136 e. The van der Waals surface area contributed by atoms with Gasteiger partial charge in [0, 0.05) is 5.39 Å². The van der Waals surface area contributed by atoms with Crippen LogP contribution in [0.25, 0.3) is 10.1 Å². The van der Waals surface area contributed by atoms with Gasteiger partial charge in [-0.1, -0.05) is 0 Å². The van der Waals surface area contributed by atoms with Crippen molar-refractivity contribution in [3.05, 3.63) is 27.5 Å². The molecule has 0 spiro atoms. The third kappa shape index (κ3) is 1.39. The van der Waals surface area contributed by atoms with Crippen LogP contribution in [0.2, 0.25) is 0 Å². The van der Waals surface area contributed by atoms with Crippen LogP contribution in [0.15, 0.2) is 22.0 Å². The Labute approximate surface area is 93.9 Å². The molecule has 0 radical (unpaired) electrons. The molecule has 0 amide bonds. The molecule has 1 aromatic carbocycles. The summed E-state index contributed by atoms with van der Waals surface area (Å²) in [5, 5.41) is 9.85. The van der Waals surface area contributed by atoms with Crippen LogP contribution in [-0.2, 0) is 0 Å². The minimum absolute atomic E-state index is 0.683. The second kappa shape index (κ2) is 3.60. The first-order valence-electron chi connectivity index (χ1n) is 3.92. The number of halogens is 1. The zero-order valence-corrected chi connectivity index (χ0v) is 9.78. The van der Waals surface area contributed by atoms with E-state index in [9.17, 15) is 0 Å². The molecule has 2 rings (SSSR count). The summed E-state index contributed by atoms with van der Waals surface area (Å²) in [6, 6.07) is 7.71. The molecule has 0 fully saturated rings. The topological polar surface area (TPSA) is 33.0 Å². The fourth-order valence-electron chi connectivity index (χ4n) is 1.33. The lowest BCUT2D eigenvalue weighted by Gasteiger charge is -2.01. The van der Waals surface area contributed by atoms with Crippen LogP contribution >= 0.6 is 27.3 Å². The molecule has 0 saturated carbocycles. The molecule has 0 bridgehead atoms. The van der Waals surface area contributed by atoms with E-state index in [2.05, 4.69) is 22.0 Å². The predicted octanol–water partition coefficient (Wildman–Crippen LogP) is 3.54. The largest absolute Gasteiger partial charge is 0.495 e. The molecule has 0 aliphatic heterocycles. The standard InChI is InChI=1S/C10H6BrNOS/c1-13-8-3-2-6(5-12)7-4-9(11)14-10(7)8/h2-4H,1H3. The first-order valence-corrected chi connectivity index (χ1v) is 5.53. The third-order valence-electron chi connectivity index (χ3n) is 1.96. The van der Waals surface area contributed by atoms with E-state index >= 15 is 0 Å². The van der Waals surface area contributed by atoms with E-state index in [1.165, 1.54) is 0 Å². The maximum absolute atomic E-state index is 8.91. The fourth-order valence-corrected chi connectivity index (χ4v) is 2.94. The predicted molar refractivity (Wildman–Crippen MR) is 60.8 cm³/mol. The van der Waals surface area contributed by atoms with Gasteiger partial charge in [-0.2, -0.15) is 5.26 Å². The Balaban J connectivity index is 2.86. The van der Waals surface area contributed by atoms with Crippen molar-refractivity contribution in [3.8, 4) is 11.8 Å². The number of rotatable bonds is 1. The first kappa shape index (κ1) is 9.50. The van der Waals surface area contributed by atoms with Crippen molar-refractivity contribution in [2.45, 2.75) is 0 Å². The second-order valence-electron chi connectivity index (χ2n) is 2.72. The monoisotopic (exact) mass is 267 g/mol. The van der Waals surface area contributed by atoms with Gasteiger partial charge in [-0.3, -0.25) is 0 Å². The summed E-state index contributed by atoms with van der Waals surface area (Å²) in [5.41, 5.74) is 0.683. The molecular weight excluding hydrogens is 262 g/mol. The van der Waals surface area contributed by atoms with Crippen molar-refractivity contribution in [3.63, 3.8) is 0 Å². The number of hydrogen-bond acceptors (Lipinski definition) is 3. The molecule has 2 nitrogen and oxygen atoms in total. The second-order valence-corrected chi connectivity index (χ2v) is 5.15. The Morgan fingerprint density at radius 3 is 2.93 bits per heavy atom. The van der Waals surface area contributed by atoms with Gasteiger partial charge in [0.1, 0.15) is 5.75 Å². The third-order valence-corrected chi connectivity index (χ3v) is 3.61. The van der Waals surface area contributed by atoms with Gasteiger partial charge in [-0.05, 0) is 34.1 Å². The average Bonchev–Trinajstić information content (AvgIpc) is 2.57. The van der Waals surface area contributed by atoms with E-state index in [0.717, 1.165) is 19.6 Å². The molecule has 4 heteroatoms. The number of nitriles is 1. The molecule has 0 saturated heterocycles. The molecule has 0 aliphatic carbocycles. The number of thiophene rings is 1. The highest BCUT2D eigenvalue weighted by molar-refractivity contribution is 9.11. The average molecular weight is 268 g/mol. The normalized spacial score (nSPS) is 10.1. The zero-order chi connectivity index (χ0) is 10.1. The van der Waals surface area contributed by atoms with Crippen molar-refractivity contribution < 1.29 is 4.74 Å². The molecular formula is C10H6BrNOS. The van der Waals surface area contributed by atoms with E-state index in [1.807, 2.05) is 12.1 Å². The van der Waals surface area contributed by atoms with Gasteiger partial charge < -0.3 is 4.74 Å². The molecule has 0 atom stereocenters. The van der Waals surface area contributed by atoms with Crippen LogP contribution in [0, 0.1) is 11.3 Å². The van der Waals surface area contributed by atoms with Crippen molar-refractivity contribution >= 4 is 37.4 Å². The molecule has 1 aromatic heterocycles. The minimum Gasteiger partial charge on any atom is -0.495 e. The SMILES string of the molecule is COc1ccc(C#N)c2cc(Br)sc12. The summed E-state index contributed by atoms with van der Waals surface area (Å²) in [5.74, 6) is 0.815. The van der Waals surface area contributed by atoms with Gasteiger partial charge >= 0.3 is 0 Å². The molecule has 1 heterocycles. The van der Waals surface area contributed by atoms with Crippen molar-refractivity contribution in [1.29, 1.82) is 5.26 Å². The molecule has 14 heavy (non-hydrogen) atoms. The van der Waals surface area contributed by atoms with Gasteiger partial charge in [-0.25, -0.2) is 0 Å². The molecule has 2 aromatic rings. The Kier molecular flexibility index (Phi) is 2.44. The lowest BCUT2D eigenvalue weighted by Crippen LogP contribution is -1.83. The van der Waals surface area contributed by atoms with E-state index in [0.29, 0.717) is 5.56 Å². The minimum atomic E-state index is 0.683. The van der Waals surface area contributed by atoms with Gasteiger partial charge in [0.25, 0.3) is 0 Å². The van der Waals surface area contributed by atoms with Crippen LogP contribution in [0.3, 0.4) is 0 Å². The summed E-state index contributed by atoms with van der Waals surface area (Å²) in [6.07, 6.45) is 0. The zero-order valence-electron chi connectivity index (χ0n) is 7.37. The van der Waals surface area contributed by atoms with Crippen LogP contribution in [-0.4, -0.2) is 7.11 Å². The summed E-state index contributed by atoms with van der Waals surface area (Å²) < 4.78 is 7.24. The Morgan fingerprint density at radius 2 is 2.29 bits per heavy atom. The number of hydrogen-bond donors (Lipinski definition) is 0. The van der Waals surface area contributed by atoms with Crippen molar-refractivity contribution in [2.24, 2.45) is 0 Å². The van der Waals surface area contributed by atoms with Gasteiger partial charge in [0.05, 0.1) is 27.2 Å². The highest BCUT2D eigenvalue weighted by Crippen LogP contribution is 2.37. The Hall–Kier alpha value is -1.05. The number of ether oxygens (including phenoxy) is 1. The maximum Gasteiger partial charge on any atom is 0.136 e. The van der Waals surface area contributed by atoms with E-state index in [-0.39, 0.29) is 0 Å². The number of methoxy groups -OCH3 is 1. The number of nitrogens with zero attached hydrogens (tertiary/aromatic N) is 1. The highest BCUT2D eigenvalue weighted by atomic mass is 79.9. The van der Waals surface area contributed by atoms with Crippen molar-refractivity contribution in [2.75, 3.05) is 7.11 Å². The summed E-state index contributed by atoms with van der Waals surface area (Å²) in [4.78, 5) is 0. The van der Waals surface area contributed by atoms with Crippen LogP contribution in [0.1, 0.15) is 5.56 Å². The number of fused-ring (bicyclic) bond motifs is 1. The van der Waals surface area contributed by atoms with Gasteiger partial charge in [0.15, 0.2) is 0 Å².